The molecule has 0 bridgehead atoms. The summed E-state index contributed by atoms with van der Waals surface area (Å²) in [6.45, 7) is 0. The quantitative estimate of drug-likeness (QED) is 0.192. The van der Waals surface area contributed by atoms with Gasteiger partial charge >= 0.3 is 6.18 Å². The van der Waals surface area contributed by atoms with E-state index in [0.29, 0.717) is 26.6 Å². The average Bonchev–Trinajstić information content (AvgIpc) is 3.56. The number of thiazole rings is 1. The monoisotopic (exact) mass is 585 g/mol. The van der Waals surface area contributed by atoms with Gasteiger partial charge in [-0.05, 0) is 35.9 Å². The first-order chi connectivity index (χ1) is 18.8. The number of thioether (sulfide) groups is 1. The van der Waals surface area contributed by atoms with Crippen molar-refractivity contribution in [2.75, 3.05) is 11.1 Å². The molecule has 5 aromatic rings. The van der Waals surface area contributed by atoms with E-state index in [1.165, 1.54) is 35.4 Å². The number of benzene rings is 3. The summed E-state index contributed by atoms with van der Waals surface area (Å²) in [6.07, 6.45) is -2.79. The van der Waals surface area contributed by atoms with Gasteiger partial charge in [-0.2, -0.15) is 13.2 Å². The second kappa shape index (κ2) is 11.6. The first kappa shape index (κ1) is 26.9. The number of carbonyl (C=O) groups is 1. The normalized spacial score (nSPS) is 11.5. The minimum Gasteiger partial charge on any atom is -0.301 e. The van der Waals surface area contributed by atoms with E-state index >= 15 is 0 Å². The van der Waals surface area contributed by atoms with E-state index in [1.807, 2.05) is 65.2 Å². The summed E-state index contributed by atoms with van der Waals surface area (Å²) in [6, 6.07) is 22.5. The molecule has 3 aromatic carbocycles. The Morgan fingerprint density at radius 1 is 1.00 bits per heavy atom. The Morgan fingerprint density at radius 2 is 1.72 bits per heavy atom. The Balaban J connectivity index is 1.27. The number of hydrogen-bond acceptors (Lipinski definition) is 6. The minimum absolute atomic E-state index is 0.0497. The Kier molecular flexibility index (Phi) is 8.01. The van der Waals surface area contributed by atoms with Crippen molar-refractivity contribution in [1.82, 2.24) is 19.7 Å². The van der Waals surface area contributed by atoms with Gasteiger partial charge in [0, 0.05) is 33.8 Å². The van der Waals surface area contributed by atoms with Gasteiger partial charge < -0.3 is 5.32 Å². The summed E-state index contributed by atoms with van der Waals surface area (Å²) < 4.78 is 41.1. The molecule has 0 radical (unpaired) electrons. The number of amides is 1. The molecule has 12 heteroatoms. The van der Waals surface area contributed by atoms with Crippen molar-refractivity contribution in [3.8, 4) is 17.1 Å². The van der Waals surface area contributed by atoms with Crippen molar-refractivity contribution in [3.05, 3.63) is 106 Å². The van der Waals surface area contributed by atoms with Crippen LogP contribution in [-0.2, 0) is 17.4 Å². The smallest absolute Gasteiger partial charge is 0.301 e. The molecule has 2 heterocycles. The number of hydrogen-bond donors (Lipinski definition) is 1. The standard InChI is InChI=1S/C27H19ClF3N5OS2/c28-22-12-11-19(27(29,30)31)13-18(22)14-21-15-32-25(39-21)33-23(37)16-38-26-35-34-24(17-7-3-1-4-8-17)36(26)20-9-5-2-6-10-20/h1-13,15H,14,16H2,(H,32,33,37). The van der Waals surface area contributed by atoms with Crippen molar-refractivity contribution in [2.24, 2.45) is 0 Å². The van der Waals surface area contributed by atoms with Crippen LogP contribution in [0.5, 0.6) is 0 Å². The lowest BCUT2D eigenvalue weighted by Gasteiger charge is -2.10. The molecule has 0 saturated heterocycles. The average molecular weight is 586 g/mol. The molecular weight excluding hydrogens is 567 g/mol. The molecule has 0 aliphatic heterocycles. The molecule has 0 spiro atoms. The highest BCUT2D eigenvalue weighted by atomic mass is 35.5. The van der Waals surface area contributed by atoms with Gasteiger partial charge in [-0.25, -0.2) is 4.98 Å². The number of aromatic nitrogens is 4. The van der Waals surface area contributed by atoms with E-state index in [-0.39, 0.29) is 23.1 Å². The highest BCUT2D eigenvalue weighted by Gasteiger charge is 2.31. The fraction of sp³-hybridized carbons (Fsp3) is 0.111. The zero-order chi connectivity index (χ0) is 27.4. The van der Waals surface area contributed by atoms with E-state index in [9.17, 15) is 18.0 Å². The molecule has 0 fully saturated rings. The van der Waals surface area contributed by atoms with Crippen LogP contribution in [0.25, 0.3) is 17.1 Å². The Labute approximate surface area is 234 Å². The predicted octanol–water partition coefficient (Wildman–Crippen LogP) is 7.38. The zero-order valence-electron chi connectivity index (χ0n) is 20.0. The Morgan fingerprint density at radius 3 is 2.44 bits per heavy atom. The number of anilines is 1. The number of nitrogens with one attached hydrogen (secondary N) is 1. The number of rotatable bonds is 8. The second-order valence-corrected chi connectivity index (χ2v) is 10.8. The summed E-state index contributed by atoms with van der Waals surface area (Å²) in [5.41, 5.74) is 1.32. The van der Waals surface area contributed by atoms with Crippen molar-refractivity contribution < 1.29 is 18.0 Å². The number of alkyl halides is 3. The molecule has 0 aliphatic rings. The van der Waals surface area contributed by atoms with Gasteiger partial charge in [0.25, 0.3) is 0 Å². The first-order valence-electron chi connectivity index (χ1n) is 11.6. The minimum atomic E-state index is -4.46. The van der Waals surface area contributed by atoms with E-state index in [2.05, 4.69) is 20.5 Å². The van der Waals surface area contributed by atoms with E-state index in [1.54, 1.807) is 0 Å². The molecule has 0 aliphatic carbocycles. The summed E-state index contributed by atoms with van der Waals surface area (Å²) in [4.78, 5) is 17.6. The molecule has 0 unspecified atom stereocenters. The third-order valence-corrected chi connectivity index (χ3v) is 7.76. The second-order valence-electron chi connectivity index (χ2n) is 8.29. The molecule has 0 atom stereocenters. The number of carbonyl (C=O) groups excluding carboxylic acids is 1. The number of nitrogens with zero attached hydrogens (tertiary/aromatic N) is 4. The van der Waals surface area contributed by atoms with Gasteiger partial charge in [0.1, 0.15) is 0 Å². The molecule has 5 rings (SSSR count). The van der Waals surface area contributed by atoms with Crippen molar-refractivity contribution >= 4 is 45.7 Å². The maximum Gasteiger partial charge on any atom is 0.416 e. The largest absolute Gasteiger partial charge is 0.416 e. The van der Waals surface area contributed by atoms with Gasteiger partial charge in [-0.1, -0.05) is 71.9 Å². The fourth-order valence-corrected chi connectivity index (χ4v) is 5.54. The van der Waals surface area contributed by atoms with Gasteiger partial charge in [0.05, 0.1) is 11.3 Å². The lowest BCUT2D eigenvalue weighted by molar-refractivity contribution is -0.137. The van der Waals surface area contributed by atoms with Crippen LogP contribution in [0, 0.1) is 0 Å². The number of para-hydroxylation sites is 1. The Bertz CT molecular complexity index is 1590. The van der Waals surface area contributed by atoms with Crippen LogP contribution in [0.15, 0.2) is 90.2 Å². The van der Waals surface area contributed by atoms with Crippen LogP contribution in [-0.4, -0.2) is 31.4 Å². The molecule has 6 nitrogen and oxygen atoms in total. The van der Waals surface area contributed by atoms with Gasteiger partial charge in [-0.3, -0.25) is 9.36 Å². The fourth-order valence-electron chi connectivity index (χ4n) is 3.75. The maximum atomic E-state index is 13.1. The number of halogens is 4. The molecule has 39 heavy (non-hydrogen) atoms. The molecular formula is C27H19ClF3N5OS2. The molecule has 198 valence electrons. The topological polar surface area (TPSA) is 72.7 Å². The van der Waals surface area contributed by atoms with Crippen LogP contribution < -0.4 is 5.32 Å². The highest BCUT2D eigenvalue weighted by molar-refractivity contribution is 7.99. The van der Waals surface area contributed by atoms with E-state index in [4.69, 9.17) is 11.6 Å². The third kappa shape index (κ3) is 6.49. The van der Waals surface area contributed by atoms with E-state index in [0.717, 1.165) is 23.4 Å². The van der Waals surface area contributed by atoms with Crippen molar-refractivity contribution in [3.63, 3.8) is 0 Å². The Hall–Kier alpha value is -3.67. The summed E-state index contributed by atoms with van der Waals surface area (Å²) in [5, 5.41) is 12.6. The molecule has 1 amide bonds. The highest BCUT2D eigenvalue weighted by Crippen LogP contribution is 2.33. The van der Waals surface area contributed by atoms with E-state index < -0.39 is 11.7 Å². The summed E-state index contributed by atoms with van der Waals surface area (Å²) in [5.74, 6) is 0.401. The van der Waals surface area contributed by atoms with Crippen LogP contribution in [0.4, 0.5) is 18.3 Å². The SMILES string of the molecule is O=C(CSc1nnc(-c2ccccc2)n1-c1ccccc1)Nc1ncc(Cc2cc(C(F)(F)F)ccc2Cl)s1. The molecule has 1 N–H and O–H groups in total. The first-order valence-corrected chi connectivity index (χ1v) is 13.7. The summed E-state index contributed by atoms with van der Waals surface area (Å²) in [7, 11) is 0. The van der Waals surface area contributed by atoms with Gasteiger partial charge in [0.2, 0.25) is 5.91 Å². The molecule has 0 saturated carbocycles. The van der Waals surface area contributed by atoms with Gasteiger partial charge in [0.15, 0.2) is 16.1 Å². The lowest BCUT2D eigenvalue weighted by Crippen LogP contribution is -2.14. The lowest BCUT2D eigenvalue weighted by atomic mass is 10.1. The predicted molar refractivity (Wildman–Crippen MR) is 148 cm³/mol. The maximum absolute atomic E-state index is 13.1. The van der Waals surface area contributed by atoms with Crippen LogP contribution >= 0.6 is 34.7 Å². The third-order valence-electron chi connectivity index (χ3n) is 5.55. The van der Waals surface area contributed by atoms with Crippen molar-refractivity contribution in [1.29, 1.82) is 0 Å². The van der Waals surface area contributed by atoms with Crippen LogP contribution in [0.3, 0.4) is 0 Å². The van der Waals surface area contributed by atoms with Crippen LogP contribution in [0.1, 0.15) is 16.0 Å². The van der Waals surface area contributed by atoms with Crippen molar-refractivity contribution in [2.45, 2.75) is 17.8 Å². The molecule has 2 aromatic heterocycles. The summed E-state index contributed by atoms with van der Waals surface area (Å²) >= 11 is 8.52. The van der Waals surface area contributed by atoms with Gasteiger partial charge in [-0.15, -0.1) is 21.5 Å². The zero-order valence-corrected chi connectivity index (χ0v) is 22.4. The van der Waals surface area contributed by atoms with Crippen LogP contribution in [0.2, 0.25) is 5.02 Å².